The largest absolute Gasteiger partial charge is 0.453 e. The van der Waals surface area contributed by atoms with E-state index in [0.717, 1.165) is 38.5 Å². The Hall–Kier alpha value is -1.59. The molecule has 2 aliphatic carbocycles. The van der Waals surface area contributed by atoms with Crippen molar-refractivity contribution in [3.8, 4) is 0 Å². The number of aliphatic hydroxyl groups excluding tert-OH is 1. The first kappa shape index (κ1) is 17.8. The van der Waals surface area contributed by atoms with Gasteiger partial charge in [-0.25, -0.2) is 4.79 Å². The zero-order valence-corrected chi connectivity index (χ0v) is 15.4. The van der Waals surface area contributed by atoms with E-state index in [4.69, 9.17) is 9.47 Å². The summed E-state index contributed by atoms with van der Waals surface area (Å²) in [4.78, 5) is 13.9. The molecule has 4 atom stereocenters. The Balaban J connectivity index is 1.31. The highest BCUT2D eigenvalue weighted by Gasteiger charge is 2.55. The number of nitrogens with zero attached hydrogens (tertiary/aromatic N) is 1. The molecule has 1 aromatic rings. The third-order valence-electron chi connectivity index (χ3n) is 6.67. The Bertz CT molecular complexity index is 614. The van der Waals surface area contributed by atoms with Crippen molar-refractivity contribution in [2.45, 2.75) is 68.7 Å². The van der Waals surface area contributed by atoms with E-state index in [0.29, 0.717) is 12.5 Å². The number of carbonyl (C=O) groups excluding carboxylic acids is 1. The van der Waals surface area contributed by atoms with Crippen LogP contribution >= 0.6 is 0 Å². The molecule has 1 N–H and O–H groups in total. The number of likely N-dealkylation sites (tertiary alicyclic amines) is 1. The highest BCUT2D eigenvalue weighted by molar-refractivity contribution is 5.69. The standard InChI is InChI=1S/C21H29NO4/c1-25-21(24)22-18-12-11-17(18)20(23)19(22)13-26-16-9-7-15(8-10-16)14-5-3-2-4-6-14/h2-6,15-20,23H,7-13H2,1H3/t15?,16?,17?,18?,19-,20-/m0/s1. The molecule has 0 radical (unpaired) electrons. The van der Waals surface area contributed by atoms with Crippen molar-refractivity contribution in [1.29, 1.82) is 0 Å². The molecule has 2 unspecified atom stereocenters. The van der Waals surface area contributed by atoms with Gasteiger partial charge in [0.2, 0.25) is 0 Å². The van der Waals surface area contributed by atoms with Gasteiger partial charge in [-0.1, -0.05) is 30.3 Å². The summed E-state index contributed by atoms with van der Waals surface area (Å²) in [5.74, 6) is 0.812. The highest BCUT2D eigenvalue weighted by Crippen LogP contribution is 2.44. The summed E-state index contributed by atoms with van der Waals surface area (Å²) in [6.45, 7) is 0.407. The fourth-order valence-corrected chi connectivity index (χ4v) is 5.03. The predicted octanol–water partition coefficient (Wildman–Crippen LogP) is 3.32. The topological polar surface area (TPSA) is 59.0 Å². The van der Waals surface area contributed by atoms with Gasteiger partial charge in [-0.05, 0) is 50.0 Å². The predicted molar refractivity (Wildman–Crippen MR) is 97.9 cm³/mol. The lowest BCUT2D eigenvalue weighted by atomic mass is 9.78. The van der Waals surface area contributed by atoms with Crippen molar-refractivity contribution in [3.05, 3.63) is 35.9 Å². The molecule has 0 bridgehead atoms. The van der Waals surface area contributed by atoms with Crippen LogP contribution in [0.1, 0.15) is 50.0 Å². The molecule has 26 heavy (non-hydrogen) atoms. The van der Waals surface area contributed by atoms with E-state index in [1.807, 2.05) is 0 Å². The Morgan fingerprint density at radius 2 is 1.85 bits per heavy atom. The van der Waals surface area contributed by atoms with Crippen LogP contribution in [0.4, 0.5) is 4.79 Å². The van der Waals surface area contributed by atoms with Crippen LogP contribution in [0.5, 0.6) is 0 Å². The Morgan fingerprint density at radius 3 is 2.46 bits per heavy atom. The van der Waals surface area contributed by atoms with Crippen LogP contribution in [-0.2, 0) is 9.47 Å². The molecule has 3 fully saturated rings. The summed E-state index contributed by atoms with van der Waals surface area (Å²) < 4.78 is 11.1. The first-order valence-corrected chi connectivity index (χ1v) is 9.90. The van der Waals surface area contributed by atoms with Crippen LogP contribution in [0, 0.1) is 5.92 Å². The average molecular weight is 359 g/mol. The molecule has 5 heteroatoms. The molecule has 1 saturated heterocycles. The molecule has 1 aromatic carbocycles. The number of hydrogen-bond acceptors (Lipinski definition) is 4. The second-order valence-corrected chi connectivity index (χ2v) is 7.96. The summed E-state index contributed by atoms with van der Waals surface area (Å²) in [6.07, 6.45) is 5.67. The van der Waals surface area contributed by atoms with E-state index in [9.17, 15) is 9.90 Å². The van der Waals surface area contributed by atoms with Gasteiger partial charge in [0.15, 0.2) is 0 Å². The normalized spacial score (nSPS) is 36.3. The molecular formula is C21H29NO4. The molecular weight excluding hydrogens is 330 g/mol. The number of aliphatic hydroxyl groups is 1. The molecule has 4 rings (SSSR count). The van der Waals surface area contributed by atoms with Crippen molar-refractivity contribution >= 4 is 6.09 Å². The molecule has 1 heterocycles. The van der Waals surface area contributed by atoms with Crippen molar-refractivity contribution in [2.75, 3.05) is 13.7 Å². The number of amides is 1. The lowest BCUT2D eigenvalue weighted by Crippen LogP contribution is -2.47. The van der Waals surface area contributed by atoms with E-state index >= 15 is 0 Å². The quantitative estimate of drug-likeness (QED) is 0.896. The van der Waals surface area contributed by atoms with Crippen molar-refractivity contribution in [2.24, 2.45) is 5.92 Å². The third-order valence-corrected chi connectivity index (χ3v) is 6.67. The van der Waals surface area contributed by atoms with Gasteiger partial charge in [0.05, 0.1) is 32.0 Å². The fourth-order valence-electron chi connectivity index (χ4n) is 5.03. The summed E-state index contributed by atoms with van der Waals surface area (Å²) in [5.41, 5.74) is 1.42. The molecule has 3 aliphatic rings. The summed E-state index contributed by atoms with van der Waals surface area (Å²) in [5, 5.41) is 10.6. The van der Waals surface area contributed by atoms with E-state index in [-0.39, 0.29) is 30.2 Å². The van der Waals surface area contributed by atoms with E-state index in [2.05, 4.69) is 30.3 Å². The number of ether oxygens (including phenoxy) is 2. The zero-order chi connectivity index (χ0) is 18.1. The molecule has 2 saturated carbocycles. The van der Waals surface area contributed by atoms with E-state index in [1.54, 1.807) is 4.90 Å². The van der Waals surface area contributed by atoms with Crippen molar-refractivity contribution in [3.63, 3.8) is 0 Å². The van der Waals surface area contributed by atoms with Crippen LogP contribution in [0.15, 0.2) is 30.3 Å². The number of fused-ring (bicyclic) bond motifs is 1. The van der Waals surface area contributed by atoms with Crippen LogP contribution in [-0.4, -0.2) is 54.1 Å². The van der Waals surface area contributed by atoms with Crippen LogP contribution in [0.25, 0.3) is 0 Å². The first-order valence-electron chi connectivity index (χ1n) is 9.90. The molecule has 1 amide bonds. The van der Waals surface area contributed by atoms with Gasteiger partial charge in [0.1, 0.15) is 0 Å². The lowest BCUT2D eigenvalue weighted by molar-refractivity contribution is -0.0258. The first-order chi connectivity index (χ1) is 12.7. The summed E-state index contributed by atoms with van der Waals surface area (Å²) in [6, 6.07) is 10.6. The molecule has 0 spiro atoms. The van der Waals surface area contributed by atoms with Crippen LogP contribution < -0.4 is 0 Å². The summed E-state index contributed by atoms with van der Waals surface area (Å²) >= 11 is 0. The fraction of sp³-hybridized carbons (Fsp3) is 0.667. The Kier molecular flexibility index (Phi) is 5.18. The maximum Gasteiger partial charge on any atom is 0.410 e. The van der Waals surface area contributed by atoms with Gasteiger partial charge < -0.3 is 14.6 Å². The molecule has 5 nitrogen and oxygen atoms in total. The Labute approximate surface area is 155 Å². The second kappa shape index (κ2) is 7.57. The minimum Gasteiger partial charge on any atom is -0.453 e. The zero-order valence-electron chi connectivity index (χ0n) is 15.4. The average Bonchev–Trinajstić information content (AvgIpc) is 2.85. The minimum absolute atomic E-state index is 0.125. The van der Waals surface area contributed by atoms with Gasteiger partial charge >= 0.3 is 6.09 Å². The minimum atomic E-state index is -0.492. The maximum absolute atomic E-state index is 12.1. The smallest absolute Gasteiger partial charge is 0.410 e. The van der Waals surface area contributed by atoms with Crippen LogP contribution in [0.3, 0.4) is 0 Å². The maximum atomic E-state index is 12.1. The molecule has 1 aliphatic heterocycles. The molecule has 142 valence electrons. The number of methoxy groups -OCH3 is 1. The van der Waals surface area contributed by atoms with E-state index < -0.39 is 6.10 Å². The van der Waals surface area contributed by atoms with Gasteiger partial charge in [0, 0.05) is 12.0 Å². The van der Waals surface area contributed by atoms with Gasteiger partial charge in [-0.15, -0.1) is 0 Å². The van der Waals surface area contributed by atoms with E-state index in [1.165, 1.54) is 12.7 Å². The van der Waals surface area contributed by atoms with Crippen molar-refractivity contribution < 1.29 is 19.4 Å². The van der Waals surface area contributed by atoms with Crippen LogP contribution in [0.2, 0.25) is 0 Å². The number of rotatable bonds is 4. The van der Waals surface area contributed by atoms with Gasteiger partial charge in [-0.2, -0.15) is 0 Å². The number of hydrogen-bond donors (Lipinski definition) is 1. The summed E-state index contributed by atoms with van der Waals surface area (Å²) in [7, 11) is 1.41. The third kappa shape index (κ3) is 3.23. The van der Waals surface area contributed by atoms with Gasteiger partial charge in [-0.3, -0.25) is 4.90 Å². The monoisotopic (exact) mass is 359 g/mol. The SMILES string of the molecule is COC(=O)N1C2CCC2[C@H](O)[C@@H]1COC1CCC(c2ccccc2)CC1. The van der Waals surface area contributed by atoms with Crippen molar-refractivity contribution in [1.82, 2.24) is 4.90 Å². The molecule has 0 aromatic heterocycles. The highest BCUT2D eigenvalue weighted by atomic mass is 16.5. The lowest BCUT2D eigenvalue weighted by Gasteiger charge is -2.36. The number of benzene rings is 1. The number of carbonyl (C=O) groups is 1. The van der Waals surface area contributed by atoms with Gasteiger partial charge in [0.25, 0.3) is 0 Å². The second-order valence-electron chi connectivity index (χ2n) is 7.96. The Morgan fingerprint density at radius 1 is 1.12 bits per heavy atom.